The van der Waals surface area contributed by atoms with Gasteiger partial charge in [-0.15, -0.1) is 0 Å². The van der Waals surface area contributed by atoms with Gasteiger partial charge >= 0.3 is 0 Å². The van der Waals surface area contributed by atoms with E-state index in [0.29, 0.717) is 15.7 Å². The van der Waals surface area contributed by atoms with Crippen molar-refractivity contribution in [1.82, 2.24) is 0 Å². The molecule has 2 rings (SSSR count). The number of hydrogen-bond donors (Lipinski definition) is 1. The molecule has 24 heavy (non-hydrogen) atoms. The predicted molar refractivity (Wildman–Crippen MR) is 103 cm³/mol. The molecule has 130 valence electrons. The molecule has 0 aliphatic heterocycles. The van der Waals surface area contributed by atoms with Gasteiger partial charge < -0.3 is 0 Å². The van der Waals surface area contributed by atoms with Gasteiger partial charge in [0.25, 0.3) is 0 Å². The van der Waals surface area contributed by atoms with E-state index >= 15 is 0 Å². The maximum Gasteiger partial charge on any atom is 0.235 e. The van der Waals surface area contributed by atoms with Crippen molar-refractivity contribution < 1.29 is 8.42 Å². The highest BCUT2D eigenvalue weighted by Gasteiger charge is 2.15. The minimum atomic E-state index is -3.30. The van der Waals surface area contributed by atoms with Crippen LogP contribution in [-0.2, 0) is 22.9 Å². The minimum absolute atomic E-state index is 0.455. The Morgan fingerprint density at radius 2 is 1.50 bits per heavy atom. The van der Waals surface area contributed by atoms with Gasteiger partial charge in [0.1, 0.15) is 0 Å². The van der Waals surface area contributed by atoms with Crippen molar-refractivity contribution in [3.8, 4) is 0 Å². The lowest BCUT2D eigenvalue weighted by molar-refractivity contribution is 0.593. The number of sulfonamides is 1. The number of nitrogens with one attached hydrogen (secondary N) is 1. The van der Waals surface area contributed by atoms with Crippen LogP contribution in [0, 0.1) is 0 Å². The predicted octanol–water partition coefficient (Wildman–Crippen LogP) is 5.32. The van der Waals surface area contributed by atoms with Crippen molar-refractivity contribution in [2.45, 2.75) is 38.4 Å². The summed E-state index contributed by atoms with van der Waals surface area (Å²) in [5.41, 5.74) is 2.92. The molecule has 0 saturated carbocycles. The van der Waals surface area contributed by atoms with Crippen molar-refractivity contribution in [1.29, 1.82) is 0 Å². The van der Waals surface area contributed by atoms with Crippen LogP contribution in [-0.4, -0.2) is 13.7 Å². The van der Waals surface area contributed by atoms with Crippen molar-refractivity contribution in [2.75, 3.05) is 4.72 Å². The molecule has 0 aromatic heterocycles. The Labute approximate surface area is 154 Å². The fourth-order valence-electron chi connectivity index (χ4n) is 2.21. The number of aryl methyl sites for hydroxylation is 2. The highest BCUT2D eigenvalue weighted by molar-refractivity contribution is 7.93. The average molecular weight is 386 g/mol. The van der Waals surface area contributed by atoms with Gasteiger partial charge in [-0.1, -0.05) is 41.4 Å². The molecule has 0 bridgehead atoms. The average Bonchev–Trinajstić information content (AvgIpc) is 2.52. The Hall–Kier alpha value is -1.23. The quantitative estimate of drug-likeness (QED) is 0.700. The van der Waals surface area contributed by atoms with Gasteiger partial charge in [-0.2, -0.15) is 0 Å². The lowest BCUT2D eigenvalue weighted by Gasteiger charge is -2.11. The summed E-state index contributed by atoms with van der Waals surface area (Å²) < 4.78 is 26.3. The van der Waals surface area contributed by atoms with Gasteiger partial charge in [0, 0.05) is 5.69 Å². The summed E-state index contributed by atoms with van der Waals surface area (Å²) in [6.45, 7) is 3.31. The number of benzene rings is 2. The molecule has 0 aliphatic carbocycles. The van der Waals surface area contributed by atoms with E-state index in [9.17, 15) is 8.42 Å². The van der Waals surface area contributed by atoms with Crippen LogP contribution in [0.5, 0.6) is 0 Å². The van der Waals surface area contributed by atoms with Gasteiger partial charge in [0.15, 0.2) is 0 Å². The summed E-state index contributed by atoms with van der Waals surface area (Å²) in [4.78, 5) is 0. The number of halogens is 2. The third kappa shape index (κ3) is 5.40. The minimum Gasteiger partial charge on any atom is -0.283 e. The van der Waals surface area contributed by atoms with E-state index in [1.807, 2.05) is 30.3 Å². The van der Waals surface area contributed by atoms with Crippen molar-refractivity contribution >= 4 is 38.9 Å². The zero-order chi connectivity index (χ0) is 17.7. The summed E-state index contributed by atoms with van der Waals surface area (Å²) in [6, 6.07) is 13.2. The zero-order valence-corrected chi connectivity index (χ0v) is 16.0. The summed E-state index contributed by atoms with van der Waals surface area (Å²) in [5, 5.41) is 0.694. The van der Waals surface area contributed by atoms with Gasteiger partial charge in [-0.25, -0.2) is 8.42 Å². The van der Waals surface area contributed by atoms with Crippen LogP contribution in [0.1, 0.15) is 31.4 Å². The van der Waals surface area contributed by atoms with Gasteiger partial charge in [0.2, 0.25) is 10.0 Å². The van der Waals surface area contributed by atoms with Crippen LogP contribution < -0.4 is 4.72 Å². The van der Waals surface area contributed by atoms with Crippen LogP contribution in [0.3, 0.4) is 0 Å². The maximum atomic E-state index is 11.8. The third-order valence-corrected chi connectivity index (χ3v) is 6.25. The summed E-state index contributed by atoms with van der Waals surface area (Å²) >= 11 is 11.9. The van der Waals surface area contributed by atoms with E-state index in [1.165, 1.54) is 5.56 Å². The second-order valence-corrected chi connectivity index (χ2v) is 9.05. The van der Waals surface area contributed by atoms with Crippen LogP contribution in [0.2, 0.25) is 10.0 Å². The van der Waals surface area contributed by atoms with E-state index in [2.05, 4.69) is 4.72 Å². The van der Waals surface area contributed by atoms with E-state index in [-0.39, 0.29) is 0 Å². The summed E-state index contributed by atoms with van der Waals surface area (Å²) in [5.74, 6) is 0. The molecule has 0 unspecified atom stereocenters. The number of anilines is 1. The highest BCUT2D eigenvalue weighted by atomic mass is 35.5. The van der Waals surface area contributed by atoms with E-state index < -0.39 is 15.3 Å². The topological polar surface area (TPSA) is 46.2 Å². The van der Waals surface area contributed by atoms with Gasteiger partial charge in [-0.3, -0.25) is 4.72 Å². The molecule has 1 N–H and O–H groups in total. The normalized spacial score (nSPS) is 11.7. The molecule has 2 aromatic carbocycles. The van der Waals surface area contributed by atoms with Crippen LogP contribution in [0.15, 0.2) is 42.5 Å². The van der Waals surface area contributed by atoms with E-state index in [4.69, 9.17) is 23.2 Å². The molecule has 3 nitrogen and oxygen atoms in total. The molecule has 2 aromatic rings. The number of hydrogen-bond acceptors (Lipinski definition) is 2. The molecule has 0 fully saturated rings. The molecular weight excluding hydrogens is 365 g/mol. The largest absolute Gasteiger partial charge is 0.283 e. The lowest BCUT2D eigenvalue weighted by Crippen LogP contribution is -2.22. The first-order valence-electron chi connectivity index (χ1n) is 7.82. The van der Waals surface area contributed by atoms with Crippen molar-refractivity contribution in [2.24, 2.45) is 0 Å². The molecule has 0 atom stereocenters. The Bertz CT molecular complexity index is 787. The van der Waals surface area contributed by atoms with E-state index in [0.717, 1.165) is 24.8 Å². The first-order chi connectivity index (χ1) is 11.3. The zero-order valence-electron chi connectivity index (χ0n) is 13.7. The summed E-state index contributed by atoms with van der Waals surface area (Å²) in [6.07, 6.45) is 2.81. The smallest absolute Gasteiger partial charge is 0.235 e. The van der Waals surface area contributed by atoms with E-state index in [1.54, 1.807) is 26.0 Å². The molecule has 0 aliphatic rings. The Morgan fingerprint density at radius 3 is 2.08 bits per heavy atom. The lowest BCUT2D eigenvalue weighted by atomic mass is 10.0. The molecule has 0 radical (unpaired) electrons. The second-order valence-electron chi connectivity index (χ2n) is 5.99. The standard InChI is InChI=1S/C18H21Cl2NO2S/c1-13(2)24(22,23)21-16-9-6-14(7-10-16)4-3-5-15-8-11-17(19)18(20)12-15/h6-13,21H,3-5H2,1-2H3. The van der Waals surface area contributed by atoms with Gasteiger partial charge in [0.05, 0.1) is 15.3 Å². The first-order valence-corrected chi connectivity index (χ1v) is 10.1. The van der Waals surface area contributed by atoms with Crippen LogP contribution in [0.25, 0.3) is 0 Å². The molecular formula is C18H21Cl2NO2S. The highest BCUT2D eigenvalue weighted by Crippen LogP contribution is 2.23. The first kappa shape index (κ1) is 19.1. The molecule has 0 spiro atoms. The maximum absolute atomic E-state index is 11.8. The Morgan fingerprint density at radius 1 is 0.917 bits per heavy atom. The van der Waals surface area contributed by atoms with Crippen molar-refractivity contribution in [3.63, 3.8) is 0 Å². The fourth-order valence-corrected chi connectivity index (χ4v) is 3.23. The summed E-state index contributed by atoms with van der Waals surface area (Å²) in [7, 11) is -3.30. The SMILES string of the molecule is CC(C)S(=O)(=O)Nc1ccc(CCCc2ccc(Cl)c(Cl)c2)cc1. The number of rotatable bonds is 7. The van der Waals surface area contributed by atoms with Gasteiger partial charge in [-0.05, 0) is 68.5 Å². The van der Waals surface area contributed by atoms with Crippen LogP contribution >= 0.6 is 23.2 Å². The Kier molecular flexibility index (Phi) is 6.55. The van der Waals surface area contributed by atoms with Crippen molar-refractivity contribution in [3.05, 3.63) is 63.6 Å². The van der Waals surface area contributed by atoms with Crippen LogP contribution in [0.4, 0.5) is 5.69 Å². The molecule has 0 amide bonds. The fraction of sp³-hybridized carbons (Fsp3) is 0.333. The second kappa shape index (κ2) is 8.24. The molecule has 0 heterocycles. The molecule has 0 saturated heterocycles. The monoisotopic (exact) mass is 385 g/mol. The Balaban J connectivity index is 1.89. The molecule has 6 heteroatoms. The third-order valence-electron chi connectivity index (χ3n) is 3.75.